The van der Waals surface area contributed by atoms with Gasteiger partial charge in [-0.1, -0.05) is 116 Å². The van der Waals surface area contributed by atoms with E-state index in [4.69, 9.17) is 0 Å². The highest BCUT2D eigenvalue weighted by Crippen LogP contribution is 2.50. The van der Waals surface area contributed by atoms with Gasteiger partial charge in [-0.3, -0.25) is 9.59 Å². The number of fused-ring (bicyclic) bond motifs is 4. The van der Waals surface area contributed by atoms with Gasteiger partial charge in [-0.05, 0) is 110 Å². The lowest BCUT2D eigenvalue weighted by Gasteiger charge is -2.39. The summed E-state index contributed by atoms with van der Waals surface area (Å²) in [5, 5.41) is 6.48. The van der Waals surface area contributed by atoms with Crippen molar-refractivity contribution in [2.24, 2.45) is 0 Å². The Kier molecular flexibility index (Phi) is 10.8. The molecule has 0 atom stereocenters. The van der Waals surface area contributed by atoms with Gasteiger partial charge in [0.25, 0.3) is 0 Å². The van der Waals surface area contributed by atoms with Crippen LogP contribution >= 0.6 is 23.5 Å². The van der Waals surface area contributed by atoms with Crippen molar-refractivity contribution in [2.45, 2.75) is 83.8 Å². The molecule has 0 radical (unpaired) electrons. The highest BCUT2D eigenvalue weighted by Gasteiger charge is 2.36. The zero-order chi connectivity index (χ0) is 39.6. The Morgan fingerprint density at radius 1 is 0.517 bits per heavy atom. The minimum atomic E-state index is -0.126. The summed E-state index contributed by atoms with van der Waals surface area (Å²) in [6.07, 6.45) is 6.45. The van der Waals surface area contributed by atoms with Crippen molar-refractivity contribution in [3.8, 4) is 0 Å². The quantitative estimate of drug-likeness (QED) is 0.144. The van der Waals surface area contributed by atoms with Crippen LogP contribution in [0.25, 0.3) is 0 Å². The zero-order valence-electron chi connectivity index (χ0n) is 33.1. The molecule has 1 fully saturated rings. The Labute approximate surface area is 350 Å². The molecule has 3 aliphatic rings. The third-order valence-corrected chi connectivity index (χ3v) is 14.3. The number of anilines is 6. The summed E-state index contributed by atoms with van der Waals surface area (Å²) in [5.74, 6) is 0.0171. The van der Waals surface area contributed by atoms with E-state index in [2.05, 4.69) is 168 Å². The summed E-state index contributed by atoms with van der Waals surface area (Å²) in [5.41, 5.74) is 10.9. The van der Waals surface area contributed by atoms with Crippen LogP contribution in [0.2, 0.25) is 0 Å². The molecule has 2 aliphatic heterocycles. The largest absolute Gasteiger partial charge is 0.339 e. The number of nitrogens with one attached hydrogen (secondary N) is 2. The molecule has 0 bridgehead atoms. The van der Waals surface area contributed by atoms with E-state index < -0.39 is 0 Å². The third kappa shape index (κ3) is 7.51. The third-order valence-electron chi connectivity index (χ3n) is 12.0. The first kappa shape index (κ1) is 38.1. The second-order valence-corrected chi connectivity index (χ2v) is 17.8. The van der Waals surface area contributed by atoms with Gasteiger partial charge in [0, 0.05) is 62.3 Å². The maximum absolute atomic E-state index is 13.5. The molecule has 2 amide bonds. The van der Waals surface area contributed by atoms with Gasteiger partial charge >= 0.3 is 0 Å². The van der Waals surface area contributed by atoms with Gasteiger partial charge in [-0.2, -0.15) is 0 Å². The van der Waals surface area contributed by atoms with Gasteiger partial charge in [0.05, 0.1) is 22.7 Å². The molecule has 2 N–H and O–H groups in total. The fraction of sp³-hybridized carbons (Fsp3) is 0.240. The van der Waals surface area contributed by atoms with Gasteiger partial charge in [-0.15, -0.1) is 0 Å². The van der Waals surface area contributed by atoms with Crippen LogP contribution in [0, 0.1) is 13.8 Å². The van der Waals surface area contributed by atoms with Crippen LogP contribution in [0.5, 0.6) is 0 Å². The van der Waals surface area contributed by atoms with E-state index >= 15 is 0 Å². The van der Waals surface area contributed by atoms with Crippen LogP contribution in [-0.2, 0) is 15.0 Å². The summed E-state index contributed by atoms with van der Waals surface area (Å²) in [6, 6.07) is 46.9. The minimum Gasteiger partial charge on any atom is -0.339 e. The lowest BCUT2D eigenvalue weighted by atomic mass is 9.65. The van der Waals surface area contributed by atoms with E-state index in [0.29, 0.717) is 25.9 Å². The summed E-state index contributed by atoms with van der Waals surface area (Å²) in [4.78, 5) is 36.4. The maximum atomic E-state index is 13.5. The number of rotatable bonds is 10. The van der Waals surface area contributed by atoms with E-state index in [0.717, 1.165) is 70.9 Å². The Morgan fingerprint density at radius 3 is 1.24 bits per heavy atom. The van der Waals surface area contributed by atoms with Gasteiger partial charge in [0.15, 0.2) is 0 Å². The first-order valence-corrected chi connectivity index (χ1v) is 22.1. The van der Waals surface area contributed by atoms with Crippen LogP contribution in [0.4, 0.5) is 34.1 Å². The molecule has 6 aromatic carbocycles. The van der Waals surface area contributed by atoms with Crippen molar-refractivity contribution < 1.29 is 9.59 Å². The van der Waals surface area contributed by atoms with Crippen molar-refractivity contribution in [3.05, 3.63) is 156 Å². The molecular weight excluding hydrogens is 753 g/mol. The minimum absolute atomic E-state index is 0.00856. The number of aryl methyl sites for hydroxylation is 2. The second-order valence-electron chi connectivity index (χ2n) is 15.7. The first-order valence-electron chi connectivity index (χ1n) is 20.5. The van der Waals surface area contributed by atoms with E-state index in [1.54, 1.807) is 23.5 Å². The Bertz CT molecular complexity index is 2250. The van der Waals surface area contributed by atoms with Crippen LogP contribution in [0.15, 0.2) is 153 Å². The molecule has 8 heteroatoms. The number of nitrogens with zero attached hydrogens (tertiary/aromatic N) is 2. The van der Waals surface area contributed by atoms with Crippen LogP contribution < -0.4 is 20.4 Å². The molecule has 292 valence electrons. The number of carbonyl (C=O) groups is 2. The Morgan fingerprint density at radius 2 is 0.879 bits per heavy atom. The van der Waals surface area contributed by atoms with Crippen molar-refractivity contribution in [3.63, 3.8) is 0 Å². The molecule has 58 heavy (non-hydrogen) atoms. The molecule has 1 saturated carbocycles. The predicted molar refractivity (Wildman–Crippen MR) is 241 cm³/mol. The molecule has 6 aromatic rings. The molecular formula is C50H48N4O2S2. The molecule has 1 aliphatic carbocycles. The average Bonchev–Trinajstić information content (AvgIpc) is 3.25. The molecule has 0 saturated heterocycles. The number of para-hydroxylation sites is 4. The monoisotopic (exact) mass is 800 g/mol. The number of benzene rings is 6. The fourth-order valence-corrected chi connectivity index (χ4v) is 11.2. The smallest absolute Gasteiger partial charge is 0.226 e. The van der Waals surface area contributed by atoms with E-state index in [9.17, 15) is 9.59 Å². The molecule has 9 rings (SSSR count). The van der Waals surface area contributed by atoms with Crippen LogP contribution in [-0.4, -0.2) is 24.9 Å². The normalized spacial score (nSPS) is 15.1. The van der Waals surface area contributed by atoms with Gasteiger partial charge in [-0.25, -0.2) is 0 Å². The van der Waals surface area contributed by atoms with Crippen molar-refractivity contribution in [1.82, 2.24) is 0 Å². The number of amides is 2. The highest BCUT2D eigenvalue weighted by atomic mass is 32.2. The lowest BCUT2D eigenvalue weighted by Crippen LogP contribution is -2.31. The number of hydrogen-bond acceptors (Lipinski definition) is 6. The standard InChI is InChI=1S/C50H48N4O2S2/c1-34-32-36(22-24-38(34)51-48(55)26-30-53-40-14-4-8-18-44(40)57-45-19-9-5-15-41(45)53)50(28-12-3-13-29-50)37-23-25-39(35(2)33-37)52-49(56)27-31-54-42-16-6-10-20-46(42)58-47-21-11-7-17-43(47)54/h4-11,14-25,32-33H,3,12-13,26-31H2,1-2H3,(H,51,55)(H,52,56). The zero-order valence-corrected chi connectivity index (χ0v) is 34.7. The van der Waals surface area contributed by atoms with E-state index in [1.807, 2.05) is 0 Å². The van der Waals surface area contributed by atoms with Crippen LogP contribution in [0.3, 0.4) is 0 Å². The molecule has 0 aromatic heterocycles. The molecule has 2 heterocycles. The molecule has 0 spiro atoms. The SMILES string of the molecule is Cc1cc(C2(c3ccc(NC(=O)CCN4c5ccccc5Sc5ccccc54)c(C)c3)CCCCC2)ccc1NC(=O)CCN1c2ccccc2Sc2ccccc21. The van der Waals surface area contributed by atoms with Gasteiger partial charge in [0.2, 0.25) is 11.8 Å². The van der Waals surface area contributed by atoms with E-state index in [-0.39, 0.29) is 17.2 Å². The molecule has 6 nitrogen and oxygen atoms in total. The number of hydrogen-bond donors (Lipinski definition) is 2. The second kappa shape index (κ2) is 16.4. The van der Waals surface area contributed by atoms with Crippen molar-refractivity contribution in [1.29, 1.82) is 0 Å². The average molecular weight is 801 g/mol. The summed E-state index contributed by atoms with van der Waals surface area (Å²) < 4.78 is 0. The number of carbonyl (C=O) groups excluding carboxylic acids is 2. The fourth-order valence-electron chi connectivity index (χ4n) is 9.00. The topological polar surface area (TPSA) is 64.7 Å². The lowest BCUT2D eigenvalue weighted by molar-refractivity contribution is -0.116. The van der Waals surface area contributed by atoms with Crippen LogP contribution in [0.1, 0.15) is 67.2 Å². The highest BCUT2D eigenvalue weighted by molar-refractivity contribution is 8.00. The van der Waals surface area contributed by atoms with E-state index in [1.165, 1.54) is 37.1 Å². The Hall–Kier alpha value is -5.44. The predicted octanol–water partition coefficient (Wildman–Crippen LogP) is 12.8. The van der Waals surface area contributed by atoms with Gasteiger partial charge < -0.3 is 20.4 Å². The summed E-state index contributed by atoms with van der Waals surface area (Å²) >= 11 is 3.56. The summed E-state index contributed by atoms with van der Waals surface area (Å²) in [6.45, 7) is 5.40. The summed E-state index contributed by atoms with van der Waals surface area (Å²) in [7, 11) is 0. The first-order chi connectivity index (χ1) is 28.4. The van der Waals surface area contributed by atoms with Crippen molar-refractivity contribution >= 4 is 69.5 Å². The Balaban J connectivity index is 0.876. The molecule has 0 unspecified atom stereocenters. The maximum Gasteiger partial charge on any atom is 0.226 e. The van der Waals surface area contributed by atoms with Gasteiger partial charge in [0.1, 0.15) is 0 Å². The van der Waals surface area contributed by atoms with Crippen molar-refractivity contribution in [2.75, 3.05) is 33.5 Å².